The number of halogens is 1. The molecule has 0 radical (unpaired) electrons. The third kappa shape index (κ3) is 2.92. The SMILES string of the molecule is O=C(Nc1cc(Cl)ccn1)[C@H]1CC1(c1ccccc1)c1ccccc1. The Morgan fingerprint density at radius 1 is 1.00 bits per heavy atom. The molecule has 1 atom stereocenters. The first kappa shape index (κ1) is 15.9. The van der Waals surface area contributed by atoms with Gasteiger partial charge in [-0.1, -0.05) is 72.3 Å². The highest BCUT2D eigenvalue weighted by molar-refractivity contribution is 6.30. The van der Waals surface area contributed by atoms with Crippen LogP contribution in [0.4, 0.5) is 5.82 Å². The molecule has 1 aromatic heterocycles. The minimum absolute atomic E-state index is 0.0255. The molecule has 1 aliphatic rings. The van der Waals surface area contributed by atoms with Crippen molar-refractivity contribution in [3.8, 4) is 0 Å². The molecular formula is C21H17ClN2O. The molecule has 25 heavy (non-hydrogen) atoms. The number of nitrogens with zero attached hydrogens (tertiary/aromatic N) is 1. The van der Waals surface area contributed by atoms with E-state index in [-0.39, 0.29) is 17.2 Å². The summed E-state index contributed by atoms with van der Waals surface area (Å²) in [4.78, 5) is 17.0. The van der Waals surface area contributed by atoms with E-state index < -0.39 is 0 Å². The molecule has 0 bridgehead atoms. The lowest BCUT2D eigenvalue weighted by molar-refractivity contribution is -0.117. The van der Waals surface area contributed by atoms with Gasteiger partial charge in [0.15, 0.2) is 0 Å². The number of hydrogen-bond donors (Lipinski definition) is 1. The highest BCUT2D eigenvalue weighted by atomic mass is 35.5. The van der Waals surface area contributed by atoms with Gasteiger partial charge < -0.3 is 5.32 Å². The second-order valence-electron chi connectivity index (χ2n) is 6.31. The minimum Gasteiger partial charge on any atom is -0.310 e. The second-order valence-corrected chi connectivity index (χ2v) is 6.75. The van der Waals surface area contributed by atoms with Gasteiger partial charge in [-0.25, -0.2) is 4.98 Å². The fraction of sp³-hybridized carbons (Fsp3) is 0.143. The van der Waals surface area contributed by atoms with Gasteiger partial charge in [0.1, 0.15) is 5.82 Å². The Labute approximate surface area is 151 Å². The molecule has 1 heterocycles. The zero-order valence-corrected chi connectivity index (χ0v) is 14.3. The van der Waals surface area contributed by atoms with Crippen molar-refractivity contribution in [1.82, 2.24) is 4.98 Å². The van der Waals surface area contributed by atoms with Gasteiger partial charge in [-0.15, -0.1) is 0 Å². The molecule has 0 unspecified atom stereocenters. The van der Waals surface area contributed by atoms with E-state index in [0.717, 1.165) is 6.42 Å². The largest absolute Gasteiger partial charge is 0.310 e. The third-order valence-corrected chi connectivity index (χ3v) is 5.06. The lowest BCUT2D eigenvalue weighted by atomic mass is 9.85. The van der Waals surface area contributed by atoms with Crippen molar-refractivity contribution in [2.24, 2.45) is 5.92 Å². The maximum absolute atomic E-state index is 12.9. The number of pyridine rings is 1. The predicted molar refractivity (Wildman–Crippen MR) is 99.6 cm³/mol. The van der Waals surface area contributed by atoms with Crippen LogP contribution in [-0.2, 0) is 10.2 Å². The van der Waals surface area contributed by atoms with Crippen LogP contribution in [0.25, 0.3) is 0 Å². The number of benzene rings is 2. The van der Waals surface area contributed by atoms with E-state index in [1.54, 1.807) is 18.3 Å². The molecular weight excluding hydrogens is 332 g/mol. The van der Waals surface area contributed by atoms with Gasteiger partial charge in [-0.2, -0.15) is 0 Å². The highest BCUT2D eigenvalue weighted by Gasteiger charge is 2.60. The summed E-state index contributed by atoms with van der Waals surface area (Å²) in [5.41, 5.74) is 2.06. The lowest BCUT2D eigenvalue weighted by Gasteiger charge is -2.19. The van der Waals surface area contributed by atoms with Crippen molar-refractivity contribution in [2.75, 3.05) is 5.32 Å². The molecule has 0 saturated heterocycles. The van der Waals surface area contributed by atoms with E-state index in [0.29, 0.717) is 10.8 Å². The molecule has 1 N–H and O–H groups in total. The normalized spacial score (nSPS) is 17.7. The van der Waals surface area contributed by atoms with E-state index in [4.69, 9.17) is 11.6 Å². The van der Waals surface area contributed by atoms with Crippen LogP contribution in [0.3, 0.4) is 0 Å². The van der Waals surface area contributed by atoms with Gasteiger partial charge in [-0.3, -0.25) is 4.79 Å². The first-order chi connectivity index (χ1) is 12.2. The molecule has 4 rings (SSSR count). The van der Waals surface area contributed by atoms with Crippen molar-refractivity contribution < 1.29 is 4.79 Å². The Bertz CT molecular complexity index is 857. The van der Waals surface area contributed by atoms with E-state index in [1.165, 1.54) is 11.1 Å². The fourth-order valence-corrected chi connectivity index (χ4v) is 3.70. The number of carbonyl (C=O) groups is 1. The average molecular weight is 349 g/mol. The Kier molecular flexibility index (Phi) is 4.02. The summed E-state index contributed by atoms with van der Waals surface area (Å²) in [6.07, 6.45) is 2.37. The van der Waals surface area contributed by atoms with Crippen molar-refractivity contribution >= 4 is 23.3 Å². The topological polar surface area (TPSA) is 42.0 Å². The number of aromatic nitrogens is 1. The summed E-state index contributed by atoms with van der Waals surface area (Å²) in [7, 11) is 0. The minimum atomic E-state index is -0.273. The van der Waals surface area contributed by atoms with Gasteiger partial charge >= 0.3 is 0 Å². The number of nitrogens with one attached hydrogen (secondary N) is 1. The van der Waals surface area contributed by atoms with Crippen molar-refractivity contribution in [2.45, 2.75) is 11.8 Å². The molecule has 1 fully saturated rings. The van der Waals surface area contributed by atoms with Crippen molar-refractivity contribution in [3.05, 3.63) is 95.1 Å². The maximum atomic E-state index is 12.9. The number of amides is 1. The summed E-state index contributed by atoms with van der Waals surface area (Å²) in [6, 6.07) is 23.8. The summed E-state index contributed by atoms with van der Waals surface area (Å²) in [5, 5.41) is 3.46. The molecule has 124 valence electrons. The zero-order chi connectivity index (χ0) is 17.3. The summed E-state index contributed by atoms with van der Waals surface area (Å²) >= 11 is 5.98. The first-order valence-corrected chi connectivity index (χ1v) is 8.61. The Morgan fingerprint density at radius 2 is 1.60 bits per heavy atom. The van der Waals surface area contributed by atoms with Gasteiger partial charge in [-0.05, 0) is 29.7 Å². The van der Waals surface area contributed by atoms with Crippen LogP contribution < -0.4 is 5.32 Å². The monoisotopic (exact) mass is 348 g/mol. The smallest absolute Gasteiger partial charge is 0.229 e. The van der Waals surface area contributed by atoms with E-state index >= 15 is 0 Å². The third-order valence-electron chi connectivity index (χ3n) is 4.83. The summed E-state index contributed by atoms with van der Waals surface area (Å²) in [5.74, 6) is 0.333. The van der Waals surface area contributed by atoms with Gasteiger partial charge in [0.05, 0.1) is 5.92 Å². The molecule has 1 amide bonds. The molecule has 1 aliphatic carbocycles. The standard InChI is InChI=1S/C21H17ClN2O/c22-17-11-12-23-19(13-17)24-20(25)18-14-21(18,15-7-3-1-4-8-15)16-9-5-2-6-10-16/h1-13,18H,14H2,(H,23,24,25)/t18-/m1/s1. The Morgan fingerprint density at radius 3 is 2.16 bits per heavy atom. The lowest BCUT2D eigenvalue weighted by Crippen LogP contribution is -2.22. The van der Waals surface area contributed by atoms with Crippen LogP contribution in [0, 0.1) is 5.92 Å². The number of hydrogen-bond acceptors (Lipinski definition) is 2. The van der Waals surface area contributed by atoms with Crippen LogP contribution in [-0.4, -0.2) is 10.9 Å². The molecule has 3 aromatic rings. The number of rotatable bonds is 4. The van der Waals surface area contributed by atoms with Crippen LogP contribution in [0.1, 0.15) is 17.5 Å². The van der Waals surface area contributed by atoms with E-state index in [1.807, 2.05) is 36.4 Å². The molecule has 0 aliphatic heterocycles. The van der Waals surface area contributed by atoms with E-state index in [9.17, 15) is 4.79 Å². The Balaban J connectivity index is 1.65. The van der Waals surface area contributed by atoms with Crippen LogP contribution in [0.5, 0.6) is 0 Å². The molecule has 3 nitrogen and oxygen atoms in total. The van der Waals surface area contributed by atoms with Crippen molar-refractivity contribution in [3.63, 3.8) is 0 Å². The van der Waals surface area contributed by atoms with Crippen molar-refractivity contribution in [1.29, 1.82) is 0 Å². The average Bonchev–Trinajstić information content (AvgIpc) is 3.40. The predicted octanol–water partition coefficient (Wildman–Crippen LogP) is 4.68. The summed E-state index contributed by atoms with van der Waals surface area (Å²) < 4.78 is 0. The van der Waals surface area contributed by atoms with Crippen LogP contribution >= 0.6 is 11.6 Å². The zero-order valence-electron chi connectivity index (χ0n) is 13.5. The maximum Gasteiger partial charge on any atom is 0.229 e. The summed E-state index contributed by atoms with van der Waals surface area (Å²) in [6.45, 7) is 0. The first-order valence-electron chi connectivity index (χ1n) is 8.23. The van der Waals surface area contributed by atoms with Gasteiger partial charge in [0.25, 0.3) is 0 Å². The van der Waals surface area contributed by atoms with E-state index in [2.05, 4.69) is 34.6 Å². The molecule has 4 heteroatoms. The van der Waals surface area contributed by atoms with Crippen LogP contribution in [0.15, 0.2) is 79.0 Å². The molecule has 0 spiro atoms. The molecule has 2 aromatic carbocycles. The van der Waals surface area contributed by atoms with Crippen LogP contribution in [0.2, 0.25) is 5.02 Å². The Hall–Kier alpha value is -2.65. The quantitative estimate of drug-likeness (QED) is 0.743. The second kappa shape index (κ2) is 6.34. The number of carbonyl (C=O) groups excluding carboxylic acids is 1. The highest BCUT2D eigenvalue weighted by Crippen LogP contribution is 2.59. The molecule has 1 saturated carbocycles. The van der Waals surface area contributed by atoms with Gasteiger partial charge in [0.2, 0.25) is 5.91 Å². The van der Waals surface area contributed by atoms with Gasteiger partial charge in [0, 0.05) is 16.6 Å². The fourth-order valence-electron chi connectivity index (χ4n) is 3.54. The number of anilines is 1.